The molecule has 24 heavy (non-hydrogen) atoms. The van der Waals surface area contributed by atoms with E-state index in [2.05, 4.69) is 9.73 Å². The van der Waals surface area contributed by atoms with Crippen molar-refractivity contribution in [2.45, 2.75) is 12.2 Å². The standard InChI is InChI=1S/C17H16ClF2N3O/c1-23-10-17(22-16(23)21,12-3-2-4-13(18)9-12)11-5-7-14(8-6-11)24-15(19)20/h2-9,15H,10H2,1H3,(H2,21,22). The van der Waals surface area contributed by atoms with Gasteiger partial charge in [0, 0.05) is 12.1 Å². The van der Waals surface area contributed by atoms with E-state index >= 15 is 0 Å². The quantitative estimate of drug-likeness (QED) is 0.918. The molecule has 0 radical (unpaired) electrons. The summed E-state index contributed by atoms with van der Waals surface area (Å²) in [6.45, 7) is -2.34. The van der Waals surface area contributed by atoms with Gasteiger partial charge in [-0.15, -0.1) is 0 Å². The first-order valence-electron chi connectivity index (χ1n) is 7.28. The topological polar surface area (TPSA) is 50.8 Å². The van der Waals surface area contributed by atoms with Gasteiger partial charge in [0.25, 0.3) is 0 Å². The Bertz CT molecular complexity index is 767. The molecule has 3 rings (SSSR count). The fraction of sp³-hybridized carbons (Fsp3) is 0.235. The number of halogens is 3. The van der Waals surface area contributed by atoms with Crippen molar-refractivity contribution in [1.82, 2.24) is 4.90 Å². The summed E-state index contributed by atoms with van der Waals surface area (Å²) in [5.41, 5.74) is 6.94. The number of benzene rings is 2. The van der Waals surface area contributed by atoms with Gasteiger partial charge in [-0.3, -0.25) is 0 Å². The highest BCUT2D eigenvalue weighted by atomic mass is 35.5. The minimum atomic E-state index is -2.86. The van der Waals surface area contributed by atoms with E-state index in [1.54, 1.807) is 18.2 Å². The lowest BCUT2D eigenvalue weighted by Gasteiger charge is -2.28. The molecule has 2 N–H and O–H groups in total. The third-order valence-electron chi connectivity index (χ3n) is 4.02. The van der Waals surface area contributed by atoms with Crippen LogP contribution in [0.2, 0.25) is 5.02 Å². The van der Waals surface area contributed by atoms with E-state index in [1.165, 1.54) is 12.1 Å². The molecule has 1 atom stereocenters. The molecule has 0 bridgehead atoms. The molecule has 0 aliphatic carbocycles. The first-order chi connectivity index (χ1) is 11.4. The van der Waals surface area contributed by atoms with Gasteiger partial charge in [-0.2, -0.15) is 8.78 Å². The van der Waals surface area contributed by atoms with Crippen molar-refractivity contribution in [3.8, 4) is 5.75 Å². The molecular weight excluding hydrogens is 336 g/mol. The Morgan fingerprint density at radius 3 is 2.46 bits per heavy atom. The van der Waals surface area contributed by atoms with Crippen molar-refractivity contribution >= 4 is 17.6 Å². The highest BCUT2D eigenvalue weighted by molar-refractivity contribution is 6.30. The maximum Gasteiger partial charge on any atom is 0.387 e. The van der Waals surface area contributed by atoms with Crippen LogP contribution in [-0.4, -0.2) is 31.1 Å². The molecule has 1 heterocycles. The maximum atomic E-state index is 12.3. The predicted octanol–water partition coefficient (Wildman–Crippen LogP) is 3.45. The monoisotopic (exact) mass is 351 g/mol. The SMILES string of the molecule is CN1CC(c2ccc(OC(F)F)cc2)(c2cccc(Cl)c2)N=C1N. The Morgan fingerprint density at radius 2 is 1.92 bits per heavy atom. The van der Waals surface area contributed by atoms with Gasteiger partial charge >= 0.3 is 6.61 Å². The van der Waals surface area contributed by atoms with E-state index < -0.39 is 12.2 Å². The Kier molecular flexibility index (Phi) is 4.32. The molecule has 0 spiro atoms. The highest BCUT2D eigenvalue weighted by Crippen LogP contribution is 2.39. The largest absolute Gasteiger partial charge is 0.435 e. The molecule has 126 valence electrons. The first-order valence-corrected chi connectivity index (χ1v) is 7.66. The minimum absolute atomic E-state index is 0.0956. The summed E-state index contributed by atoms with van der Waals surface area (Å²) < 4.78 is 29.1. The van der Waals surface area contributed by atoms with Gasteiger partial charge < -0.3 is 15.4 Å². The lowest BCUT2D eigenvalue weighted by atomic mass is 9.83. The number of aliphatic imine (C=N–C) groups is 1. The van der Waals surface area contributed by atoms with Crippen LogP contribution < -0.4 is 10.5 Å². The molecule has 7 heteroatoms. The molecule has 1 unspecified atom stereocenters. The van der Waals surface area contributed by atoms with Crippen molar-refractivity contribution < 1.29 is 13.5 Å². The second-order valence-corrected chi connectivity index (χ2v) is 6.04. The number of hydrogen-bond acceptors (Lipinski definition) is 4. The molecule has 2 aromatic rings. The summed E-state index contributed by atoms with van der Waals surface area (Å²) in [4.78, 5) is 6.48. The lowest BCUT2D eigenvalue weighted by molar-refractivity contribution is -0.0498. The molecule has 0 aromatic heterocycles. The lowest BCUT2D eigenvalue weighted by Crippen LogP contribution is -2.34. The Labute approximate surface area is 143 Å². The molecule has 0 amide bonds. The van der Waals surface area contributed by atoms with Crippen molar-refractivity contribution in [2.24, 2.45) is 10.7 Å². The fourth-order valence-corrected chi connectivity index (χ4v) is 3.07. The van der Waals surface area contributed by atoms with Crippen LogP contribution in [0.3, 0.4) is 0 Å². The van der Waals surface area contributed by atoms with Gasteiger partial charge in [0.1, 0.15) is 11.3 Å². The van der Waals surface area contributed by atoms with E-state index in [0.717, 1.165) is 11.1 Å². The average molecular weight is 352 g/mol. The molecule has 4 nitrogen and oxygen atoms in total. The molecular formula is C17H16ClF2N3O. The minimum Gasteiger partial charge on any atom is -0.435 e. The third kappa shape index (κ3) is 3.01. The van der Waals surface area contributed by atoms with Crippen LogP contribution in [-0.2, 0) is 5.54 Å². The summed E-state index contributed by atoms with van der Waals surface area (Å²) in [5, 5.41) is 0.591. The number of likely N-dealkylation sites (N-methyl/N-ethyl adjacent to an activating group) is 1. The summed E-state index contributed by atoms with van der Waals surface area (Å²) in [5.74, 6) is 0.501. The van der Waals surface area contributed by atoms with Gasteiger partial charge in [-0.05, 0) is 35.4 Å². The fourth-order valence-electron chi connectivity index (χ4n) is 2.88. The van der Waals surface area contributed by atoms with Gasteiger partial charge in [0.15, 0.2) is 5.96 Å². The summed E-state index contributed by atoms with van der Waals surface area (Å²) in [6.07, 6.45) is 0. The number of guanidine groups is 1. The van der Waals surface area contributed by atoms with Crippen LogP contribution in [0.4, 0.5) is 8.78 Å². The molecule has 0 saturated heterocycles. The van der Waals surface area contributed by atoms with E-state index in [1.807, 2.05) is 30.1 Å². The highest BCUT2D eigenvalue weighted by Gasteiger charge is 2.40. The number of rotatable bonds is 4. The van der Waals surface area contributed by atoms with E-state index in [4.69, 9.17) is 17.3 Å². The maximum absolute atomic E-state index is 12.3. The normalized spacial score (nSPS) is 20.4. The van der Waals surface area contributed by atoms with Crippen molar-refractivity contribution in [1.29, 1.82) is 0 Å². The second kappa shape index (κ2) is 6.28. The number of nitrogens with two attached hydrogens (primary N) is 1. The smallest absolute Gasteiger partial charge is 0.387 e. The zero-order valence-corrected chi connectivity index (χ0v) is 13.7. The van der Waals surface area contributed by atoms with Crippen LogP contribution in [0.25, 0.3) is 0 Å². The van der Waals surface area contributed by atoms with Gasteiger partial charge in [0.2, 0.25) is 0 Å². The Morgan fingerprint density at radius 1 is 1.21 bits per heavy atom. The zero-order chi connectivity index (χ0) is 17.3. The van der Waals surface area contributed by atoms with E-state index in [0.29, 0.717) is 17.5 Å². The molecule has 0 fully saturated rings. The van der Waals surface area contributed by atoms with Crippen molar-refractivity contribution in [2.75, 3.05) is 13.6 Å². The van der Waals surface area contributed by atoms with Crippen LogP contribution in [0.5, 0.6) is 5.75 Å². The van der Waals surface area contributed by atoms with Crippen LogP contribution >= 0.6 is 11.6 Å². The van der Waals surface area contributed by atoms with Crippen molar-refractivity contribution in [3.05, 3.63) is 64.7 Å². The molecule has 2 aromatic carbocycles. The predicted molar refractivity (Wildman–Crippen MR) is 89.6 cm³/mol. The van der Waals surface area contributed by atoms with Crippen molar-refractivity contribution in [3.63, 3.8) is 0 Å². The summed E-state index contributed by atoms with van der Waals surface area (Å²) >= 11 is 6.13. The Balaban J connectivity index is 2.07. The first kappa shape index (κ1) is 16.5. The molecule has 1 aliphatic heterocycles. The van der Waals surface area contributed by atoms with E-state index in [9.17, 15) is 8.78 Å². The van der Waals surface area contributed by atoms with Crippen LogP contribution in [0.15, 0.2) is 53.5 Å². The van der Waals surface area contributed by atoms with Gasteiger partial charge in [-0.1, -0.05) is 35.9 Å². The van der Waals surface area contributed by atoms with Crippen LogP contribution in [0.1, 0.15) is 11.1 Å². The second-order valence-electron chi connectivity index (χ2n) is 5.60. The van der Waals surface area contributed by atoms with Gasteiger partial charge in [-0.25, -0.2) is 4.99 Å². The summed E-state index contributed by atoms with van der Waals surface area (Å²) in [7, 11) is 1.85. The Hall–Kier alpha value is -2.34. The third-order valence-corrected chi connectivity index (χ3v) is 4.26. The summed E-state index contributed by atoms with van der Waals surface area (Å²) in [6, 6.07) is 13.8. The average Bonchev–Trinajstić information content (AvgIpc) is 2.84. The van der Waals surface area contributed by atoms with Crippen LogP contribution in [0, 0.1) is 0 Å². The molecule has 0 saturated carbocycles. The molecule has 1 aliphatic rings. The van der Waals surface area contributed by atoms with E-state index in [-0.39, 0.29) is 5.75 Å². The number of hydrogen-bond donors (Lipinski definition) is 1. The van der Waals surface area contributed by atoms with Gasteiger partial charge in [0.05, 0.1) is 6.54 Å². The zero-order valence-electron chi connectivity index (χ0n) is 12.9. The number of alkyl halides is 2. The number of ether oxygens (including phenoxy) is 1. The number of nitrogens with zero attached hydrogens (tertiary/aromatic N) is 2.